The number of sulfonamides is 1. The zero-order valence-corrected chi connectivity index (χ0v) is 11.7. The molecule has 0 aliphatic heterocycles. The van der Waals surface area contributed by atoms with Gasteiger partial charge in [0.15, 0.2) is 0 Å². The molecular weight excluding hydrogens is 274 g/mol. The van der Waals surface area contributed by atoms with Crippen LogP contribution in [-0.2, 0) is 16.6 Å². The molecule has 1 atom stereocenters. The Morgan fingerprint density at radius 3 is 2.58 bits per heavy atom. The van der Waals surface area contributed by atoms with Crippen LogP contribution in [0, 0.1) is 11.6 Å². The Morgan fingerprint density at radius 2 is 2.00 bits per heavy atom. The van der Waals surface area contributed by atoms with Gasteiger partial charge in [0.25, 0.3) is 0 Å². The fourth-order valence-corrected chi connectivity index (χ4v) is 2.42. The van der Waals surface area contributed by atoms with Gasteiger partial charge in [-0.3, -0.25) is 0 Å². The summed E-state index contributed by atoms with van der Waals surface area (Å²) in [5.74, 6) is -1.45. The van der Waals surface area contributed by atoms with Gasteiger partial charge in [0.05, 0.1) is 5.25 Å². The summed E-state index contributed by atoms with van der Waals surface area (Å²) in [7, 11) is -3.53. The van der Waals surface area contributed by atoms with Gasteiger partial charge >= 0.3 is 0 Å². The first-order valence-corrected chi connectivity index (χ1v) is 7.54. The van der Waals surface area contributed by atoms with Gasteiger partial charge in [-0.15, -0.1) is 0 Å². The van der Waals surface area contributed by atoms with Gasteiger partial charge in [-0.05, 0) is 19.5 Å². The first-order chi connectivity index (χ1) is 8.86. The molecule has 1 aromatic carbocycles. The molecule has 0 aliphatic carbocycles. The normalized spacial score (nSPS) is 13.5. The second-order valence-electron chi connectivity index (χ2n) is 4.22. The van der Waals surface area contributed by atoms with Crippen LogP contribution in [0.3, 0.4) is 0 Å². The number of hydrogen-bond donors (Lipinski definition) is 2. The lowest BCUT2D eigenvalue weighted by molar-refractivity contribution is 0.551. The highest BCUT2D eigenvalue weighted by atomic mass is 32.2. The predicted molar refractivity (Wildman–Crippen MR) is 70.1 cm³/mol. The van der Waals surface area contributed by atoms with Crippen LogP contribution in [0.1, 0.15) is 19.4 Å². The molecule has 0 saturated carbocycles. The summed E-state index contributed by atoms with van der Waals surface area (Å²) >= 11 is 0. The zero-order valence-electron chi connectivity index (χ0n) is 10.9. The summed E-state index contributed by atoms with van der Waals surface area (Å²) < 4.78 is 52.0. The molecule has 0 fully saturated rings. The van der Waals surface area contributed by atoms with Crippen molar-refractivity contribution >= 4 is 10.0 Å². The smallest absolute Gasteiger partial charge is 0.215 e. The monoisotopic (exact) mass is 292 g/mol. The minimum atomic E-state index is -3.53. The van der Waals surface area contributed by atoms with Crippen molar-refractivity contribution < 1.29 is 17.2 Å². The van der Waals surface area contributed by atoms with Crippen molar-refractivity contribution in [3.05, 3.63) is 35.4 Å². The van der Waals surface area contributed by atoms with Crippen LogP contribution in [0.4, 0.5) is 8.78 Å². The number of nitrogens with one attached hydrogen (secondary N) is 2. The average Bonchev–Trinajstić information content (AvgIpc) is 2.34. The van der Waals surface area contributed by atoms with E-state index in [1.165, 1.54) is 6.07 Å². The maximum absolute atomic E-state index is 13.3. The highest BCUT2D eigenvalue weighted by molar-refractivity contribution is 7.90. The SMILES string of the molecule is CCNCC(C)S(=O)(=O)NCc1ccc(F)cc1F. The lowest BCUT2D eigenvalue weighted by Crippen LogP contribution is -2.38. The van der Waals surface area contributed by atoms with Crippen LogP contribution < -0.4 is 10.0 Å². The van der Waals surface area contributed by atoms with Crippen molar-refractivity contribution in [3.8, 4) is 0 Å². The first-order valence-electron chi connectivity index (χ1n) is 6.00. The van der Waals surface area contributed by atoms with Crippen LogP contribution in [0.25, 0.3) is 0 Å². The molecule has 0 aromatic heterocycles. The molecule has 0 aliphatic rings. The lowest BCUT2D eigenvalue weighted by atomic mass is 10.2. The minimum Gasteiger partial charge on any atom is -0.316 e. The highest BCUT2D eigenvalue weighted by Crippen LogP contribution is 2.10. The number of hydrogen-bond acceptors (Lipinski definition) is 3. The molecule has 0 heterocycles. The molecule has 108 valence electrons. The van der Waals surface area contributed by atoms with Crippen molar-refractivity contribution in [1.29, 1.82) is 0 Å². The van der Waals surface area contributed by atoms with Gasteiger partial charge in [-0.1, -0.05) is 13.0 Å². The fraction of sp³-hybridized carbons (Fsp3) is 0.500. The molecule has 0 saturated heterocycles. The first kappa shape index (κ1) is 16.0. The van der Waals surface area contributed by atoms with Crippen molar-refractivity contribution in [2.75, 3.05) is 13.1 Å². The zero-order chi connectivity index (χ0) is 14.5. The van der Waals surface area contributed by atoms with Gasteiger partial charge in [0.1, 0.15) is 11.6 Å². The average molecular weight is 292 g/mol. The summed E-state index contributed by atoms with van der Waals surface area (Å²) in [6, 6.07) is 3.04. The maximum atomic E-state index is 13.3. The number of halogens is 2. The third-order valence-electron chi connectivity index (χ3n) is 2.69. The summed E-state index contributed by atoms with van der Waals surface area (Å²) in [6.45, 7) is 4.24. The Hall–Kier alpha value is -1.05. The maximum Gasteiger partial charge on any atom is 0.215 e. The quantitative estimate of drug-likeness (QED) is 0.798. The van der Waals surface area contributed by atoms with Gasteiger partial charge < -0.3 is 5.32 Å². The van der Waals surface area contributed by atoms with E-state index in [-0.39, 0.29) is 12.1 Å². The molecular formula is C12H18F2N2O2S. The fourth-order valence-electron chi connectivity index (χ4n) is 1.44. The van der Waals surface area contributed by atoms with E-state index in [0.29, 0.717) is 13.1 Å². The van der Waals surface area contributed by atoms with E-state index in [2.05, 4.69) is 10.0 Å². The van der Waals surface area contributed by atoms with E-state index < -0.39 is 26.9 Å². The molecule has 2 N–H and O–H groups in total. The Morgan fingerprint density at radius 1 is 1.32 bits per heavy atom. The van der Waals surface area contributed by atoms with Crippen molar-refractivity contribution in [3.63, 3.8) is 0 Å². The lowest BCUT2D eigenvalue weighted by Gasteiger charge is -2.14. The Bertz CT molecular complexity index is 520. The van der Waals surface area contributed by atoms with Gasteiger partial charge in [0, 0.05) is 24.7 Å². The van der Waals surface area contributed by atoms with E-state index in [1.807, 2.05) is 6.92 Å². The van der Waals surface area contributed by atoms with E-state index >= 15 is 0 Å². The molecule has 4 nitrogen and oxygen atoms in total. The van der Waals surface area contributed by atoms with E-state index in [0.717, 1.165) is 12.1 Å². The van der Waals surface area contributed by atoms with Crippen molar-refractivity contribution in [2.45, 2.75) is 25.6 Å². The number of rotatable bonds is 7. The third-order valence-corrected chi connectivity index (χ3v) is 4.46. The summed E-state index contributed by atoms with van der Waals surface area (Å²) in [4.78, 5) is 0. The Balaban J connectivity index is 2.64. The highest BCUT2D eigenvalue weighted by Gasteiger charge is 2.20. The predicted octanol–water partition coefficient (Wildman–Crippen LogP) is 1.38. The summed E-state index contributed by atoms with van der Waals surface area (Å²) in [5, 5.41) is 2.30. The van der Waals surface area contributed by atoms with Crippen molar-refractivity contribution in [2.24, 2.45) is 0 Å². The number of benzene rings is 1. The van der Waals surface area contributed by atoms with Gasteiger partial charge in [-0.2, -0.15) is 0 Å². The second kappa shape index (κ2) is 6.93. The molecule has 0 radical (unpaired) electrons. The molecule has 0 spiro atoms. The standard InChI is InChI=1S/C12H18F2N2O2S/c1-3-15-7-9(2)19(17,18)16-8-10-4-5-11(13)6-12(10)14/h4-6,9,15-16H,3,7-8H2,1-2H3. The van der Waals surface area contributed by atoms with E-state index in [9.17, 15) is 17.2 Å². The van der Waals surface area contributed by atoms with Gasteiger partial charge in [0.2, 0.25) is 10.0 Å². The molecule has 7 heteroatoms. The largest absolute Gasteiger partial charge is 0.316 e. The second-order valence-corrected chi connectivity index (χ2v) is 6.40. The molecule has 0 bridgehead atoms. The van der Waals surface area contributed by atoms with E-state index in [4.69, 9.17) is 0 Å². The third kappa shape index (κ3) is 4.85. The van der Waals surface area contributed by atoms with Crippen LogP contribution in [0.2, 0.25) is 0 Å². The van der Waals surface area contributed by atoms with Crippen LogP contribution >= 0.6 is 0 Å². The van der Waals surface area contributed by atoms with E-state index in [1.54, 1.807) is 6.92 Å². The Labute approximate surface area is 112 Å². The van der Waals surface area contributed by atoms with Crippen LogP contribution in [0.15, 0.2) is 18.2 Å². The van der Waals surface area contributed by atoms with Crippen molar-refractivity contribution in [1.82, 2.24) is 10.0 Å². The molecule has 1 aromatic rings. The summed E-state index contributed by atoms with van der Waals surface area (Å²) in [5.41, 5.74) is 0.112. The van der Waals surface area contributed by atoms with Crippen LogP contribution in [0.5, 0.6) is 0 Å². The van der Waals surface area contributed by atoms with Gasteiger partial charge in [-0.25, -0.2) is 21.9 Å². The molecule has 19 heavy (non-hydrogen) atoms. The molecule has 0 amide bonds. The Kier molecular flexibility index (Phi) is 5.84. The summed E-state index contributed by atoms with van der Waals surface area (Å²) in [6.07, 6.45) is 0. The molecule has 1 unspecified atom stereocenters. The topological polar surface area (TPSA) is 58.2 Å². The van der Waals surface area contributed by atoms with Crippen LogP contribution in [-0.4, -0.2) is 26.8 Å². The molecule has 1 rings (SSSR count). The minimum absolute atomic E-state index is 0.112.